The molecule has 0 atom stereocenters. The molecular formula is C6H10FN3. The first-order chi connectivity index (χ1) is 4.74. The van der Waals surface area contributed by atoms with E-state index in [-0.39, 0.29) is 5.92 Å². The van der Waals surface area contributed by atoms with E-state index in [1.807, 2.05) is 13.8 Å². The Morgan fingerprint density at radius 2 is 2.40 bits per heavy atom. The summed E-state index contributed by atoms with van der Waals surface area (Å²) < 4.78 is 13.0. The minimum atomic E-state index is -0.597. The summed E-state index contributed by atoms with van der Waals surface area (Å²) in [4.78, 5) is 3.90. The quantitative estimate of drug-likeness (QED) is 0.625. The first-order valence-corrected chi connectivity index (χ1v) is 3.19. The van der Waals surface area contributed by atoms with Gasteiger partial charge in [-0.05, 0) is 0 Å². The lowest BCUT2D eigenvalue weighted by atomic mass is 10.2. The van der Waals surface area contributed by atoms with E-state index >= 15 is 0 Å². The predicted octanol–water partition coefficient (Wildman–Crippen LogP) is 1.33. The fourth-order valence-electron chi connectivity index (χ4n) is 0.631. The maximum atomic E-state index is 11.9. The zero-order chi connectivity index (χ0) is 7.56. The summed E-state index contributed by atoms with van der Waals surface area (Å²) in [6.45, 7) is 3.34. The van der Waals surface area contributed by atoms with Crippen LogP contribution in [-0.4, -0.2) is 14.8 Å². The average Bonchev–Trinajstić information content (AvgIpc) is 2.34. The second-order valence-electron chi connectivity index (χ2n) is 2.42. The minimum Gasteiger partial charge on any atom is -0.225 e. The van der Waals surface area contributed by atoms with Gasteiger partial charge in [-0.25, -0.2) is 14.1 Å². The molecule has 0 saturated carbocycles. The highest BCUT2D eigenvalue weighted by Gasteiger charge is 2.03. The highest BCUT2D eigenvalue weighted by atomic mass is 19.1. The van der Waals surface area contributed by atoms with Crippen LogP contribution in [0.5, 0.6) is 0 Å². The fraction of sp³-hybridized carbons (Fsp3) is 0.667. The van der Waals surface area contributed by atoms with E-state index in [9.17, 15) is 4.39 Å². The third-order valence-electron chi connectivity index (χ3n) is 1.19. The number of hydrogen-bond acceptors (Lipinski definition) is 2. The van der Waals surface area contributed by atoms with Gasteiger partial charge in [-0.15, -0.1) is 0 Å². The van der Waals surface area contributed by atoms with Crippen molar-refractivity contribution in [1.82, 2.24) is 14.8 Å². The summed E-state index contributed by atoms with van der Waals surface area (Å²) in [5.74, 6) is 0.963. The summed E-state index contributed by atoms with van der Waals surface area (Å²) in [6, 6.07) is 0. The van der Waals surface area contributed by atoms with Crippen molar-refractivity contribution in [1.29, 1.82) is 0 Å². The number of hydrogen-bond donors (Lipinski definition) is 0. The Balaban J connectivity index is 2.78. The summed E-state index contributed by atoms with van der Waals surface area (Å²) in [6.07, 6.45) is 1.40. The Hall–Kier alpha value is -0.930. The van der Waals surface area contributed by atoms with Gasteiger partial charge in [0, 0.05) is 5.92 Å². The van der Waals surface area contributed by atoms with Crippen LogP contribution in [0.2, 0.25) is 0 Å². The number of aromatic nitrogens is 3. The van der Waals surface area contributed by atoms with Crippen LogP contribution in [0, 0.1) is 0 Å². The second kappa shape index (κ2) is 2.77. The highest BCUT2D eigenvalue weighted by Crippen LogP contribution is 2.06. The van der Waals surface area contributed by atoms with Crippen LogP contribution < -0.4 is 0 Å². The Bertz CT molecular complexity index is 207. The van der Waals surface area contributed by atoms with Crippen LogP contribution in [0.15, 0.2) is 6.33 Å². The van der Waals surface area contributed by atoms with Crippen LogP contribution in [0.1, 0.15) is 25.6 Å². The van der Waals surface area contributed by atoms with Gasteiger partial charge in [0.15, 0.2) is 12.6 Å². The molecule has 0 saturated heterocycles. The van der Waals surface area contributed by atoms with E-state index in [0.29, 0.717) is 5.82 Å². The van der Waals surface area contributed by atoms with Crippen LogP contribution in [-0.2, 0) is 6.80 Å². The molecule has 1 aromatic heterocycles. The molecule has 3 nitrogen and oxygen atoms in total. The summed E-state index contributed by atoms with van der Waals surface area (Å²) in [7, 11) is 0. The van der Waals surface area contributed by atoms with Crippen molar-refractivity contribution in [3.63, 3.8) is 0 Å². The molecule has 0 bridgehead atoms. The lowest BCUT2D eigenvalue weighted by Gasteiger charge is -1.94. The molecule has 1 rings (SSSR count). The lowest BCUT2D eigenvalue weighted by Crippen LogP contribution is -1.95. The van der Waals surface area contributed by atoms with Gasteiger partial charge < -0.3 is 0 Å². The topological polar surface area (TPSA) is 30.7 Å². The van der Waals surface area contributed by atoms with Crippen LogP contribution in [0.25, 0.3) is 0 Å². The van der Waals surface area contributed by atoms with Gasteiger partial charge in [-0.1, -0.05) is 13.8 Å². The van der Waals surface area contributed by atoms with E-state index in [1.54, 1.807) is 0 Å². The Labute approximate surface area is 58.9 Å². The molecule has 0 amide bonds. The van der Waals surface area contributed by atoms with Gasteiger partial charge in [-0.2, -0.15) is 5.10 Å². The monoisotopic (exact) mass is 143 g/mol. The largest absolute Gasteiger partial charge is 0.225 e. The smallest absolute Gasteiger partial charge is 0.183 e. The van der Waals surface area contributed by atoms with Gasteiger partial charge in [0.1, 0.15) is 6.33 Å². The standard InChI is InChI=1S/C6H10FN3/c1-5(2)6-8-4-10(3-7)9-6/h4-5H,3H2,1-2H3. The minimum absolute atomic E-state index is 0.271. The molecule has 0 unspecified atom stereocenters. The number of rotatable bonds is 2. The summed E-state index contributed by atoms with van der Waals surface area (Å²) in [5.41, 5.74) is 0. The Morgan fingerprint density at radius 1 is 1.70 bits per heavy atom. The van der Waals surface area contributed by atoms with Crippen molar-refractivity contribution in [3.05, 3.63) is 12.2 Å². The first kappa shape index (κ1) is 7.18. The maximum Gasteiger partial charge on any atom is 0.183 e. The molecule has 10 heavy (non-hydrogen) atoms. The van der Waals surface area contributed by atoms with Gasteiger partial charge in [0.05, 0.1) is 0 Å². The highest BCUT2D eigenvalue weighted by molar-refractivity contribution is 4.87. The molecule has 0 aliphatic rings. The van der Waals surface area contributed by atoms with Gasteiger partial charge in [0.2, 0.25) is 0 Å². The molecule has 1 aromatic rings. The number of alkyl halides is 1. The van der Waals surface area contributed by atoms with Crippen LogP contribution in [0.4, 0.5) is 4.39 Å². The van der Waals surface area contributed by atoms with E-state index < -0.39 is 6.80 Å². The molecule has 0 aliphatic carbocycles. The molecule has 0 radical (unpaired) electrons. The second-order valence-corrected chi connectivity index (χ2v) is 2.42. The van der Waals surface area contributed by atoms with Gasteiger partial charge >= 0.3 is 0 Å². The molecule has 56 valence electrons. The third-order valence-corrected chi connectivity index (χ3v) is 1.19. The van der Waals surface area contributed by atoms with Crippen LogP contribution >= 0.6 is 0 Å². The maximum absolute atomic E-state index is 11.9. The van der Waals surface area contributed by atoms with Crippen molar-refractivity contribution < 1.29 is 4.39 Å². The Morgan fingerprint density at radius 3 is 2.70 bits per heavy atom. The lowest BCUT2D eigenvalue weighted by molar-refractivity contribution is 0.347. The Kier molecular flexibility index (Phi) is 1.99. The van der Waals surface area contributed by atoms with Gasteiger partial charge in [-0.3, -0.25) is 0 Å². The molecule has 0 aromatic carbocycles. The molecule has 4 heteroatoms. The van der Waals surface area contributed by atoms with E-state index in [4.69, 9.17) is 0 Å². The number of nitrogens with zero attached hydrogens (tertiary/aromatic N) is 3. The summed E-state index contributed by atoms with van der Waals surface area (Å²) >= 11 is 0. The molecule has 0 fully saturated rings. The SMILES string of the molecule is CC(C)c1ncn(CF)n1. The summed E-state index contributed by atoms with van der Waals surface area (Å²) in [5, 5.41) is 3.86. The van der Waals surface area contributed by atoms with Crippen molar-refractivity contribution in [2.24, 2.45) is 0 Å². The van der Waals surface area contributed by atoms with E-state index in [1.165, 1.54) is 11.0 Å². The van der Waals surface area contributed by atoms with Crippen LogP contribution in [0.3, 0.4) is 0 Å². The fourth-order valence-corrected chi connectivity index (χ4v) is 0.631. The van der Waals surface area contributed by atoms with Crippen molar-refractivity contribution >= 4 is 0 Å². The molecule has 0 N–H and O–H groups in total. The normalized spacial score (nSPS) is 10.8. The van der Waals surface area contributed by atoms with Crippen molar-refractivity contribution in [2.75, 3.05) is 0 Å². The third kappa shape index (κ3) is 1.32. The zero-order valence-corrected chi connectivity index (χ0v) is 6.08. The molecule has 0 spiro atoms. The van der Waals surface area contributed by atoms with Crippen molar-refractivity contribution in [2.45, 2.75) is 26.6 Å². The van der Waals surface area contributed by atoms with E-state index in [2.05, 4.69) is 10.1 Å². The van der Waals surface area contributed by atoms with Gasteiger partial charge in [0.25, 0.3) is 0 Å². The number of halogens is 1. The molecule has 0 aliphatic heterocycles. The zero-order valence-electron chi connectivity index (χ0n) is 6.08. The molecular weight excluding hydrogens is 133 g/mol. The average molecular weight is 143 g/mol. The predicted molar refractivity (Wildman–Crippen MR) is 35.2 cm³/mol. The van der Waals surface area contributed by atoms with E-state index in [0.717, 1.165) is 0 Å². The van der Waals surface area contributed by atoms with Crippen molar-refractivity contribution in [3.8, 4) is 0 Å². The molecule has 1 heterocycles. The first-order valence-electron chi connectivity index (χ1n) is 3.19.